The molecule has 0 bridgehead atoms. The van der Waals surface area contributed by atoms with Crippen LogP contribution in [0.25, 0.3) is 0 Å². The van der Waals surface area contributed by atoms with Crippen LogP contribution in [-0.4, -0.2) is 16.4 Å². The number of carbonyl (C=O) groups is 1. The molecule has 3 rings (SSSR count). The fourth-order valence-corrected chi connectivity index (χ4v) is 3.76. The summed E-state index contributed by atoms with van der Waals surface area (Å²) in [5.74, 6) is -0.556. The van der Waals surface area contributed by atoms with Gasteiger partial charge in [-0.2, -0.15) is 0 Å². The normalized spacial score (nSPS) is 13.2. The molecule has 0 aliphatic rings. The molecule has 6 heteroatoms. The van der Waals surface area contributed by atoms with Gasteiger partial charge in [0.1, 0.15) is 5.82 Å². The molecule has 2 aromatic carbocycles. The Balaban J connectivity index is 1.86. The van der Waals surface area contributed by atoms with Gasteiger partial charge in [0.25, 0.3) is 5.91 Å². The number of carbonyl (C=O) groups excluding carboxylic acids is 1. The second kappa shape index (κ2) is 7.72. The maximum atomic E-state index is 13.2. The third-order valence-corrected chi connectivity index (χ3v) is 5.63. The van der Waals surface area contributed by atoms with E-state index in [4.69, 9.17) is 0 Å². The number of nitrogens with one attached hydrogen (secondary N) is 1. The highest BCUT2D eigenvalue weighted by molar-refractivity contribution is 7.84. The van der Waals surface area contributed by atoms with Gasteiger partial charge in [0, 0.05) is 32.4 Å². The second-order valence-corrected chi connectivity index (χ2v) is 7.81. The van der Waals surface area contributed by atoms with Crippen LogP contribution in [0.15, 0.2) is 70.9 Å². The molecular weight excluding hydrogens is 357 g/mol. The molecule has 0 saturated carbocycles. The molecule has 0 aliphatic heterocycles. The van der Waals surface area contributed by atoms with Gasteiger partial charge in [-0.05, 0) is 53.4 Å². The van der Waals surface area contributed by atoms with Crippen LogP contribution < -0.4 is 5.32 Å². The van der Waals surface area contributed by atoms with Gasteiger partial charge < -0.3 is 5.32 Å². The van der Waals surface area contributed by atoms with E-state index in [9.17, 15) is 13.4 Å². The minimum atomic E-state index is -1.08. The Morgan fingerprint density at radius 1 is 1.08 bits per heavy atom. The number of benzene rings is 2. The van der Waals surface area contributed by atoms with Crippen LogP contribution in [-0.2, 0) is 10.8 Å². The van der Waals surface area contributed by atoms with E-state index in [0.717, 1.165) is 10.4 Å². The Morgan fingerprint density at radius 2 is 1.76 bits per heavy atom. The molecule has 0 spiro atoms. The van der Waals surface area contributed by atoms with Crippen molar-refractivity contribution in [2.75, 3.05) is 6.26 Å². The first-order valence-corrected chi connectivity index (χ1v) is 10.0. The van der Waals surface area contributed by atoms with Crippen molar-refractivity contribution in [3.8, 4) is 0 Å². The van der Waals surface area contributed by atoms with E-state index in [-0.39, 0.29) is 17.8 Å². The van der Waals surface area contributed by atoms with E-state index in [0.29, 0.717) is 10.5 Å². The molecule has 2 unspecified atom stereocenters. The largest absolute Gasteiger partial charge is 0.340 e. The quantitative estimate of drug-likeness (QED) is 0.730. The zero-order valence-electron chi connectivity index (χ0n) is 13.4. The number of hydrogen-bond donors (Lipinski definition) is 1. The van der Waals surface area contributed by atoms with E-state index in [1.165, 1.54) is 23.5 Å². The van der Waals surface area contributed by atoms with Crippen molar-refractivity contribution in [1.82, 2.24) is 5.32 Å². The first kappa shape index (κ1) is 17.5. The van der Waals surface area contributed by atoms with Crippen molar-refractivity contribution in [3.63, 3.8) is 0 Å². The van der Waals surface area contributed by atoms with Crippen LogP contribution in [0.5, 0.6) is 0 Å². The Morgan fingerprint density at radius 3 is 2.32 bits per heavy atom. The van der Waals surface area contributed by atoms with E-state index in [2.05, 4.69) is 5.32 Å². The Hall–Kier alpha value is -2.31. The lowest BCUT2D eigenvalue weighted by molar-refractivity contribution is 0.0943. The van der Waals surface area contributed by atoms with Crippen LogP contribution in [0.3, 0.4) is 0 Å². The molecular formula is C19H16FNO2S2. The minimum absolute atomic E-state index is 0.240. The average molecular weight is 373 g/mol. The maximum Gasteiger partial charge on any atom is 0.252 e. The van der Waals surface area contributed by atoms with Crippen molar-refractivity contribution in [1.29, 1.82) is 0 Å². The molecule has 2 atom stereocenters. The van der Waals surface area contributed by atoms with E-state index < -0.39 is 10.8 Å². The van der Waals surface area contributed by atoms with Crippen molar-refractivity contribution in [2.24, 2.45) is 0 Å². The molecule has 3 aromatic rings. The molecule has 25 heavy (non-hydrogen) atoms. The molecule has 1 N–H and O–H groups in total. The number of halogens is 1. The summed E-state index contributed by atoms with van der Waals surface area (Å²) < 4.78 is 24.7. The first-order chi connectivity index (χ1) is 12.0. The lowest BCUT2D eigenvalue weighted by Crippen LogP contribution is -2.28. The summed E-state index contributed by atoms with van der Waals surface area (Å²) in [7, 11) is -1.08. The molecule has 0 saturated heterocycles. The Labute approximate surface area is 152 Å². The highest BCUT2D eigenvalue weighted by atomic mass is 32.2. The molecule has 0 aliphatic carbocycles. The van der Waals surface area contributed by atoms with Crippen LogP contribution in [0, 0.1) is 5.82 Å². The second-order valence-electron chi connectivity index (χ2n) is 5.45. The fourth-order valence-electron chi connectivity index (χ4n) is 2.44. The summed E-state index contributed by atoms with van der Waals surface area (Å²) in [5, 5.41) is 4.93. The van der Waals surface area contributed by atoms with Crippen LogP contribution in [0.1, 0.15) is 26.8 Å². The van der Waals surface area contributed by atoms with Gasteiger partial charge in [-0.1, -0.05) is 18.2 Å². The number of rotatable bonds is 5. The Bertz CT molecular complexity index is 875. The predicted molar refractivity (Wildman–Crippen MR) is 98.8 cm³/mol. The van der Waals surface area contributed by atoms with Crippen molar-refractivity contribution >= 4 is 28.0 Å². The minimum Gasteiger partial charge on any atom is -0.340 e. The fraction of sp³-hybridized carbons (Fsp3) is 0.105. The SMILES string of the molecule is CS(=O)c1ccc(C(=O)NC(c2ccc(F)cc2)c2cccs2)cc1. The van der Waals surface area contributed by atoms with Crippen LogP contribution >= 0.6 is 11.3 Å². The molecule has 1 amide bonds. The maximum absolute atomic E-state index is 13.2. The highest BCUT2D eigenvalue weighted by Crippen LogP contribution is 2.26. The van der Waals surface area contributed by atoms with Gasteiger partial charge in [0.2, 0.25) is 0 Å². The number of hydrogen-bond acceptors (Lipinski definition) is 3. The van der Waals surface area contributed by atoms with Crippen LogP contribution in [0.2, 0.25) is 0 Å². The van der Waals surface area contributed by atoms with Gasteiger partial charge in [-0.3, -0.25) is 9.00 Å². The van der Waals surface area contributed by atoms with E-state index >= 15 is 0 Å². The highest BCUT2D eigenvalue weighted by Gasteiger charge is 2.19. The zero-order chi connectivity index (χ0) is 17.8. The molecule has 1 aromatic heterocycles. The van der Waals surface area contributed by atoms with Crippen molar-refractivity contribution in [3.05, 3.63) is 87.9 Å². The summed E-state index contributed by atoms with van der Waals surface area (Å²) in [6.45, 7) is 0. The van der Waals surface area contributed by atoms with Crippen molar-refractivity contribution < 1.29 is 13.4 Å². The third kappa shape index (κ3) is 4.21. The zero-order valence-corrected chi connectivity index (χ0v) is 15.1. The summed E-state index contributed by atoms with van der Waals surface area (Å²) in [6, 6.07) is 16.3. The molecule has 128 valence electrons. The monoisotopic (exact) mass is 373 g/mol. The lowest BCUT2D eigenvalue weighted by atomic mass is 10.0. The van der Waals surface area contributed by atoms with Gasteiger partial charge in [-0.15, -0.1) is 11.3 Å². The number of thiophene rings is 1. The topological polar surface area (TPSA) is 46.2 Å². The van der Waals surface area contributed by atoms with Gasteiger partial charge in [0.05, 0.1) is 6.04 Å². The van der Waals surface area contributed by atoms with Gasteiger partial charge in [-0.25, -0.2) is 4.39 Å². The van der Waals surface area contributed by atoms with Gasteiger partial charge in [0.15, 0.2) is 0 Å². The third-order valence-electron chi connectivity index (χ3n) is 3.75. The van der Waals surface area contributed by atoms with Crippen LogP contribution in [0.4, 0.5) is 4.39 Å². The first-order valence-electron chi connectivity index (χ1n) is 7.58. The molecule has 0 fully saturated rings. The predicted octanol–water partition coefficient (Wildman–Crippen LogP) is 4.14. The molecule has 3 nitrogen and oxygen atoms in total. The number of amides is 1. The van der Waals surface area contributed by atoms with E-state index in [1.54, 1.807) is 42.7 Å². The smallest absolute Gasteiger partial charge is 0.252 e. The summed E-state index contributed by atoms with van der Waals surface area (Å²) in [6.07, 6.45) is 1.59. The standard InChI is InChI=1S/C19H16FNO2S2/c1-25(23)16-10-6-14(7-11-16)19(22)21-18(17-3-2-12-24-17)13-4-8-15(20)9-5-13/h2-12,18H,1H3,(H,21,22). The molecule has 1 heterocycles. The van der Waals surface area contributed by atoms with Crippen molar-refractivity contribution in [2.45, 2.75) is 10.9 Å². The average Bonchev–Trinajstić information content (AvgIpc) is 3.15. The summed E-state index contributed by atoms with van der Waals surface area (Å²) >= 11 is 1.52. The summed E-state index contributed by atoms with van der Waals surface area (Å²) in [4.78, 5) is 14.3. The van der Waals surface area contributed by atoms with E-state index in [1.807, 2.05) is 17.5 Å². The summed E-state index contributed by atoms with van der Waals surface area (Å²) in [5.41, 5.74) is 1.29. The van der Waals surface area contributed by atoms with Gasteiger partial charge >= 0.3 is 0 Å². The lowest BCUT2D eigenvalue weighted by Gasteiger charge is -2.18. The Kier molecular flexibility index (Phi) is 5.40. The molecule has 0 radical (unpaired) electrons.